The zero-order chi connectivity index (χ0) is 31.6. The molecule has 0 amide bonds. The number of fused-ring (bicyclic) bond motifs is 8. The summed E-state index contributed by atoms with van der Waals surface area (Å²) in [4.78, 5) is 44.4. The number of carboxylic acid groups (broad SMARTS) is 1. The number of aliphatic carboxylic acids is 1. The fourth-order valence-electron chi connectivity index (χ4n) is 6.37. The number of rotatable bonds is 6. The molecule has 0 saturated heterocycles. The van der Waals surface area contributed by atoms with E-state index >= 15 is 0 Å². The molecule has 0 spiro atoms. The average molecular weight is 611 g/mol. The summed E-state index contributed by atoms with van der Waals surface area (Å²) in [5.74, 6) is -2.54. The maximum absolute atomic E-state index is 13.9. The van der Waals surface area contributed by atoms with Crippen molar-refractivity contribution in [2.45, 2.75) is 53.9 Å². The molecule has 3 aliphatic rings. The SMILES string of the molecule is C=Cc1c(C)c2cc3nc(c4c5[n-]c(cc6nc(cc1[n-]2)C(C)=C6CC)c(C)c5C([O-])=C4C(=O)OC)C(CCC(=O)[O-])=C3C.[Mg+2]. The number of hydrogen-bond acceptors (Lipinski definition) is 7. The van der Waals surface area contributed by atoms with Crippen LogP contribution in [0.15, 0.2) is 24.8 Å². The number of carbonyl (C=O) groups is 2. The number of ether oxygens (including phenoxy) is 1. The van der Waals surface area contributed by atoms with E-state index in [1.54, 1.807) is 13.0 Å². The molecule has 3 aromatic rings. The molecule has 224 valence electrons. The van der Waals surface area contributed by atoms with Crippen molar-refractivity contribution in [3.05, 3.63) is 75.4 Å². The summed E-state index contributed by atoms with van der Waals surface area (Å²) in [5.41, 5.74) is 10.7. The first-order chi connectivity index (χ1) is 21.0. The zero-order valence-corrected chi connectivity index (χ0v) is 27.6. The number of allylic oxidation sites excluding steroid dienone is 4. The minimum atomic E-state index is -1.22. The predicted molar refractivity (Wildman–Crippen MR) is 173 cm³/mol. The Balaban J connectivity index is 0.00000400. The predicted octanol–water partition coefficient (Wildman–Crippen LogP) is 3.97. The van der Waals surface area contributed by atoms with Crippen molar-refractivity contribution in [1.29, 1.82) is 0 Å². The first-order valence-electron chi connectivity index (χ1n) is 14.4. The van der Waals surface area contributed by atoms with E-state index in [1.807, 2.05) is 39.0 Å². The average Bonchev–Trinajstić information content (AvgIpc) is 3.72. The minimum Gasteiger partial charge on any atom is -0.871 e. The number of carbonyl (C=O) groups excluding carboxylic acids is 2. The van der Waals surface area contributed by atoms with E-state index in [0.29, 0.717) is 50.2 Å². The third-order valence-corrected chi connectivity index (χ3v) is 8.80. The van der Waals surface area contributed by atoms with Crippen LogP contribution < -0.4 is 20.2 Å². The normalized spacial score (nSPS) is 13.8. The molecule has 3 aromatic heterocycles. The van der Waals surface area contributed by atoms with Crippen LogP contribution in [0.4, 0.5) is 0 Å². The Morgan fingerprint density at radius 3 is 2.18 bits per heavy atom. The van der Waals surface area contributed by atoms with Gasteiger partial charge in [-0.05, 0) is 80.4 Å². The van der Waals surface area contributed by atoms with Crippen LogP contribution in [0.2, 0.25) is 0 Å². The molecular weight excluding hydrogens is 581 g/mol. The van der Waals surface area contributed by atoms with Gasteiger partial charge in [-0.15, -0.1) is 22.1 Å². The van der Waals surface area contributed by atoms with Gasteiger partial charge in [0.15, 0.2) is 0 Å². The maximum Gasteiger partial charge on any atom is 2.00 e. The van der Waals surface area contributed by atoms with Gasteiger partial charge >= 0.3 is 29.0 Å². The van der Waals surface area contributed by atoms with Crippen molar-refractivity contribution >= 4 is 96.8 Å². The van der Waals surface area contributed by atoms with Crippen molar-refractivity contribution in [3.63, 3.8) is 0 Å². The quantitative estimate of drug-likeness (QED) is 0.299. The number of aryl methyl sites for hydroxylation is 2. The molecule has 0 unspecified atom stereocenters. The second kappa shape index (κ2) is 11.8. The summed E-state index contributed by atoms with van der Waals surface area (Å²) in [6.07, 6.45) is 2.31. The number of nitrogens with zero attached hydrogens (tertiary/aromatic N) is 4. The topological polar surface area (TPSA) is 143 Å². The molecule has 1 aliphatic carbocycles. The Kier molecular flexibility index (Phi) is 8.41. The Hall–Kier alpha value is -4.41. The molecule has 0 fully saturated rings. The zero-order valence-electron chi connectivity index (χ0n) is 26.2. The second-order valence-corrected chi connectivity index (χ2v) is 11.1. The third kappa shape index (κ3) is 4.92. The van der Waals surface area contributed by atoms with E-state index in [9.17, 15) is 19.8 Å². The van der Waals surface area contributed by atoms with Crippen LogP contribution in [0.5, 0.6) is 0 Å². The Bertz CT molecular complexity index is 2110. The van der Waals surface area contributed by atoms with Gasteiger partial charge in [-0.1, -0.05) is 54.7 Å². The first kappa shape index (κ1) is 32.0. The van der Waals surface area contributed by atoms with Crippen LogP contribution in [-0.2, 0) is 14.3 Å². The molecular formula is C35H30MgN4O5-2. The van der Waals surface area contributed by atoms with Gasteiger partial charge in [-0.2, -0.15) is 0 Å². The van der Waals surface area contributed by atoms with Crippen LogP contribution in [0, 0.1) is 13.8 Å². The maximum atomic E-state index is 13.9. The number of hydrogen-bond donors (Lipinski definition) is 0. The van der Waals surface area contributed by atoms with Crippen LogP contribution >= 0.6 is 0 Å². The molecule has 10 heteroatoms. The largest absolute Gasteiger partial charge is 2.00 e. The summed E-state index contributed by atoms with van der Waals surface area (Å²) < 4.78 is 5.05. The van der Waals surface area contributed by atoms with Gasteiger partial charge in [0.05, 0.1) is 35.5 Å². The molecule has 5 heterocycles. The van der Waals surface area contributed by atoms with Crippen molar-refractivity contribution < 1.29 is 24.5 Å². The van der Waals surface area contributed by atoms with E-state index in [-0.39, 0.29) is 47.0 Å². The smallest absolute Gasteiger partial charge is 0.871 e. The van der Waals surface area contributed by atoms with E-state index in [1.165, 1.54) is 7.11 Å². The summed E-state index contributed by atoms with van der Waals surface area (Å²) in [7, 11) is 1.21. The molecule has 45 heavy (non-hydrogen) atoms. The summed E-state index contributed by atoms with van der Waals surface area (Å²) in [6.45, 7) is 13.7. The molecule has 8 bridgehead atoms. The molecule has 0 aromatic carbocycles. The molecule has 6 rings (SSSR count). The van der Waals surface area contributed by atoms with Crippen molar-refractivity contribution in [1.82, 2.24) is 19.9 Å². The van der Waals surface area contributed by atoms with Crippen molar-refractivity contribution in [2.75, 3.05) is 7.11 Å². The van der Waals surface area contributed by atoms with Crippen molar-refractivity contribution in [3.8, 4) is 0 Å². The molecule has 0 saturated carbocycles. The van der Waals surface area contributed by atoms with E-state index < -0.39 is 17.7 Å². The van der Waals surface area contributed by atoms with Gasteiger partial charge in [0.1, 0.15) is 0 Å². The molecule has 0 atom stereocenters. The van der Waals surface area contributed by atoms with Gasteiger partial charge in [0.25, 0.3) is 0 Å². The Morgan fingerprint density at radius 2 is 1.53 bits per heavy atom. The first-order valence-corrected chi connectivity index (χ1v) is 14.4. The summed E-state index contributed by atoms with van der Waals surface area (Å²) >= 11 is 0. The Morgan fingerprint density at radius 1 is 0.911 bits per heavy atom. The minimum absolute atomic E-state index is 0. The van der Waals surface area contributed by atoms with Crippen LogP contribution in [-0.4, -0.2) is 52.1 Å². The molecule has 9 nitrogen and oxygen atoms in total. The molecule has 2 aliphatic heterocycles. The van der Waals surface area contributed by atoms with Gasteiger partial charge in [0.2, 0.25) is 0 Å². The fraction of sp³-hybridized carbons (Fsp3) is 0.257. The number of aromatic nitrogens is 4. The third-order valence-electron chi connectivity index (χ3n) is 8.80. The Labute approximate surface area is 276 Å². The van der Waals surface area contributed by atoms with Gasteiger partial charge in [0, 0.05) is 11.5 Å². The number of methoxy groups -OCH3 is 1. The monoisotopic (exact) mass is 610 g/mol. The van der Waals surface area contributed by atoms with Gasteiger partial charge in [-0.3, -0.25) is 0 Å². The summed E-state index contributed by atoms with van der Waals surface area (Å²) in [6, 6.07) is 5.66. The van der Waals surface area contributed by atoms with E-state index in [4.69, 9.17) is 24.7 Å². The van der Waals surface area contributed by atoms with Crippen LogP contribution in [0.1, 0.15) is 90.6 Å². The number of carboxylic acids is 1. The van der Waals surface area contributed by atoms with Crippen LogP contribution in [0.25, 0.3) is 61.8 Å². The fourth-order valence-corrected chi connectivity index (χ4v) is 6.37. The number of esters is 1. The van der Waals surface area contributed by atoms with E-state index in [0.717, 1.165) is 45.6 Å². The van der Waals surface area contributed by atoms with Crippen LogP contribution in [0.3, 0.4) is 0 Å². The van der Waals surface area contributed by atoms with Gasteiger partial charge < -0.3 is 29.7 Å². The second-order valence-electron chi connectivity index (χ2n) is 11.1. The van der Waals surface area contributed by atoms with Gasteiger partial charge in [-0.25, -0.2) is 14.8 Å². The standard InChI is InChI=1S/C35H34N4O5.Mg/c1-8-19-15(3)22-12-24-17(5)21(10-11-28(40)41)32(38-24)30-31(35(43)44-7)34(42)29-18(6)25(39-33(29)30)14-27-20(9-2)16(4)23(37-27)13-26(19)36-22;/h8,12-14H,1,9-11H2,2-7H3,(H4,36,37,38,39,40,41,42,43);/q;+2/p-4. The van der Waals surface area contributed by atoms with Crippen molar-refractivity contribution in [2.24, 2.45) is 0 Å². The summed E-state index contributed by atoms with van der Waals surface area (Å²) in [5, 5.41) is 25.5. The molecule has 0 N–H and O–H groups in total. The van der Waals surface area contributed by atoms with E-state index in [2.05, 4.69) is 13.5 Å². The molecule has 0 radical (unpaired) electrons.